The molecule has 4 nitrogen and oxygen atoms in total. The lowest BCUT2D eigenvalue weighted by molar-refractivity contribution is 0.185. The number of hydrogen-bond donors (Lipinski definition) is 1. The van der Waals surface area contributed by atoms with Crippen molar-refractivity contribution in [2.24, 2.45) is 0 Å². The first-order valence-corrected chi connectivity index (χ1v) is 10.2. The number of nitrogens with one attached hydrogen (secondary N) is 1. The zero-order valence-corrected chi connectivity index (χ0v) is 14.3. The van der Waals surface area contributed by atoms with Crippen molar-refractivity contribution in [2.45, 2.75) is 31.2 Å². The van der Waals surface area contributed by atoms with Crippen molar-refractivity contribution >= 4 is 9.84 Å². The van der Waals surface area contributed by atoms with Gasteiger partial charge < -0.3 is 5.32 Å². The van der Waals surface area contributed by atoms with E-state index >= 15 is 0 Å². The van der Waals surface area contributed by atoms with Gasteiger partial charge >= 0.3 is 0 Å². The number of benzene rings is 1. The summed E-state index contributed by atoms with van der Waals surface area (Å²) in [6.45, 7) is 6.53. The Kier molecular flexibility index (Phi) is 4.32. The van der Waals surface area contributed by atoms with Crippen molar-refractivity contribution in [3.8, 4) is 0 Å². The van der Waals surface area contributed by atoms with E-state index in [0.717, 1.165) is 39.0 Å². The fourth-order valence-corrected chi connectivity index (χ4v) is 5.02. The minimum absolute atomic E-state index is 0.107. The van der Waals surface area contributed by atoms with Crippen LogP contribution in [0.15, 0.2) is 24.3 Å². The van der Waals surface area contributed by atoms with Gasteiger partial charge in [-0.25, -0.2) is 8.42 Å². The van der Waals surface area contributed by atoms with Crippen LogP contribution >= 0.6 is 0 Å². The van der Waals surface area contributed by atoms with Crippen LogP contribution in [0.5, 0.6) is 0 Å². The summed E-state index contributed by atoms with van der Waals surface area (Å²) in [4.78, 5) is 2.49. The summed E-state index contributed by atoms with van der Waals surface area (Å²) in [5.41, 5.74) is 2.40. The molecule has 1 atom stereocenters. The predicted octanol–water partition coefficient (Wildman–Crippen LogP) is 1.73. The molecule has 3 rings (SSSR count). The van der Waals surface area contributed by atoms with Crippen molar-refractivity contribution < 1.29 is 8.42 Å². The molecule has 1 aromatic rings. The van der Waals surface area contributed by atoms with E-state index in [9.17, 15) is 8.42 Å². The second-order valence-electron chi connectivity index (χ2n) is 6.93. The topological polar surface area (TPSA) is 49.4 Å². The largest absolute Gasteiger partial charge is 0.314 e. The van der Waals surface area contributed by atoms with Crippen LogP contribution in [0.3, 0.4) is 0 Å². The van der Waals surface area contributed by atoms with Crippen LogP contribution in [0.1, 0.15) is 36.9 Å². The van der Waals surface area contributed by atoms with Gasteiger partial charge in [-0.15, -0.1) is 0 Å². The van der Waals surface area contributed by atoms with E-state index in [-0.39, 0.29) is 11.2 Å². The van der Waals surface area contributed by atoms with Gasteiger partial charge in [0.15, 0.2) is 0 Å². The van der Waals surface area contributed by atoms with Crippen molar-refractivity contribution in [3.05, 3.63) is 35.4 Å². The molecule has 0 amide bonds. The molecule has 2 aliphatic rings. The number of piperazine rings is 1. The molecule has 1 saturated heterocycles. The molecule has 5 heteroatoms. The Morgan fingerprint density at radius 3 is 2.27 bits per heavy atom. The maximum atomic E-state index is 11.6. The van der Waals surface area contributed by atoms with Crippen molar-refractivity contribution in [1.82, 2.24) is 10.2 Å². The zero-order valence-electron chi connectivity index (χ0n) is 13.5. The summed E-state index contributed by atoms with van der Waals surface area (Å²) in [7, 11) is -2.93. The first kappa shape index (κ1) is 16.0. The fraction of sp³-hybridized carbons (Fsp3) is 0.647. The van der Waals surface area contributed by atoms with Gasteiger partial charge in [0.05, 0.1) is 5.75 Å². The Hall–Kier alpha value is -0.910. The molecule has 1 aliphatic heterocycles. The molecule has 0 aromatic heterocycles. The molecule has 1 N–H and O–H groups in total. The van der Waals surface area contributed by atoms with Gasteiger partial charge in [-0.2, -0.15) is 0 Å². The first-order valence-electron chi connectivity index (χ1n) is 8.13. The highest BCUT2D eigenvalue weighted by atomic mass is 32.2. The second kappa shape index (κ2) is 5.95. The van der Waals surface area contributed by atoms with Crippen molar-refractivity contribution in [3.63, 3.8) is 0 Å². The van der Waals surface area contributed by atoms with Gasteiger partial charge in [0.1, 0.15) is 9.84 Å². The highest BCUT2D eigenvalue weighted by Gasteiger charge is 2.46. The third-order valence-corrected chi connectivity index (χ3v) is 6.17. The molecule has 1 unspecified atom stereocenters. The standard InChI is InChI=1S/C17H26N2O2S/c1-14(19-11-9-18-10-12-19)15-3-5-16(6-4-15)17(7-8-17)13-22(2,20)21/h3-6,14,18H,7-13H2,1-2H3. The van der Waals surface area contributed by atoms with Gasteiger partial charge in [0.25, 0.3) is 0 Å². The monoisotopic (exact) mass is 322 g/mol. The van der Waals surface area contributed by atoms with Gasteiger partial charge in [-0.05, 0) is 30.9 Å². The quantitative estimate of drug-likeness (QED) is 0.897. The van der Waals surface area contributed by atoms with E-state index in [2.05, 4.69) is 41.4 Å². The van der Waals surface area contributed by atoms with E-state index in [1.807, 2.05) is 0 Å². The van der Waals surface area contributed by atoms with Crippen LogP contribution in [-0.4, -0.2) is 51.5 Å². The lowest BCUT2D eigenvalue weighted by Crippen LogP contribution is -2.44. The van der Waals surface area contributed by atoms with Gasteiger partial charge in [-0.1, -0.05) is 24.3 Å². The molecule has 1 saturated carbocycles. The Balaban J connectivity index is 1.73. The minimum Gasteiger partial charge on any atom is -0.314 e. The van der Waals surface area contributed by atoms with Gasteiger partial charge in [-0.3, -0.25) is 4.90 Å². The molecule has 1 aliphatic carbocycles. The third-order valence-electron chi connectivity index (χ3n) is 5.10. The summed E-state index contributed by atoms with van der Waals surface area (Å²) in [5, 5.41) is 3.38. The molecule has 0 spiro atoms. The zero-order chi connectivity index (χ0) is 15.8. The highest BCUT2D eigenvalue weighted by molar-refractivity contribution is 7.90. The normalized spacial score (nSPS) is 23.2. The highest BCUT2D eigenvalue weighted by Crippen LogP contribution is 2.49. The van der Waals surface area contributed by atoms with Crippen LogP contribution in [0.25, 0.3) is 0 Å². The van der Waals surface area contributed by atoms with Gasteiger partial charge in [0.2, 0.25) is 0 Å². The molecule has 1 heterocycles. The van der Waals surface area contributed by atoms with Gasteiger partial charge in [0, 0.05) is 43.9 Å². The molecule has 0 radical (unpaired) electrons. The van der Waals surface area contributed by atoms with Crippen LogP contribution in [0, 0.1) is 0 Å². The lowest BCUT2D eigenvalue weighted by Gasteiger charge is -2.33. The predicted molar refractivity (Wildman–Crippen MR) is 89.9 cm³/mol. The van der Waals surface area contributed by atoms with Crippen LogP contribution in [0.4, 0.5) is 0 Å². The molecule has 2 fully saturated rings. The number of rotatable bonds is 5. The summed E-state index contributed by atoms with van der Waals surface area (Å²) in [6.07, 6.45) is 3.33. The van der Waals surface area contributed by atoms with E-state index in [4.69, 9.17) is 0 Å². The average Bonchev–Trinajstić information content (AvgIpc) is 3.26. The summed E-state index contributed by atoms with van der Waals surface area (Å²) >= 11 is 0. The average molecular weight is 322 g/mol. The smallest absolute Gasteiger partial charge is 0.148 e. The van der Waals surface area contributed by atoms with Crippen LogP contribution in [0.2, 0.25) is 0 Å². The SMILES string of the molecule is CC(c1ccc(C2(CS(C)(=O)=O)CC2)cc1)N1CCNCC1. The van der Waals surface area contributed by atoms with E-state index in [1.165, 1.54) is 17.4 Å². The molecular weight excluding hydrogens is 296 g/mol. The molecule has 22 heavy (non-hydrogen) atoms. The Morgan fingerprint density at radius 2 is 1.77 bits per heavy atom. The van der Waals surface area contributed by atoms with Crippen molar-refractivity contribution in [1.29, 1.82) is 0 Å². The Morgan fingerprint density at radius 1 is 1.18 bits per heavy atom. The minimum atomic E-state index is -2.93. The summed E-state index contributed by atoms with van der Waals surface area (Å²) in [5.74, 6) is 0.284. The maximum Gasteiger partial charge on any atom is 0.148 e. The molecular formula is C17H26N2O2S. The van der Waals surface area contributed by atoms with E-state index < -0.39 is 9.84 Å². The first-order chi connectivity index (χ1) is 10.4. The molecule has 122 valence electrons. The van der Waals surface area contributed by atoms with Crippen LogP contribution in [-0.2, 0) is 15.3 Å². The fourth-order valence-electron chi connectivity index (χ4n) is 3.56. The number of sulfone groups is 1. The second-order valence-corrected chi connectivity index (χ2v) is 9.07. The van der Waals surface area contributed by atoms with Crippen molar-refractivity contribution in [2.75, 3.05) is 38.2 Å². The Labute approximate surface area is 133 Å². The van der Waals surface area contributed by atoms with E-state index in [0.29, 0.717) is 6.04 Å². The maximum absolute atomic E-state index is 11.6. The number of hydrogen-bond acceptors (Lipinski definition) is 4. The van der Waals surface area contributed by atoms with E-state index in [1.54, 1.807) is 0 Å². The summed E-state index contributed by atoms with van der Waals surface area (Å²) < 4.78 is 23.3. The number of nitrogens with zero attached hydrogens (tertiary/aromatic N) is 1. The third kappa shape index (κ3) is 3.53. The molecule has 0 bridgehead atoms. The summed E-state index contributed by atoms with van der Waals surface area (Å²) in [6, 6.07) is 9.08. The lowest BCUT2D eigenvalue weighted by atomic mass is 9.95. The van der Waals surface area contributed by atoms with Crippen LogP contribution < -0.4 is 5.32 Å². The Bertz CT molecular complexity index is 615. The molecule has 1 aromatic carbocycles.